The SMILES string of the molecule is COc1ccc(-c2nnc(S[C@@H]3Cc4ccccc4C3=O)nc2-c2ccc(OC)cc2)cc1. The summed E-state index contributed by atoms with van der Waals surface area (Å²) in [6.07, 6.45) is 0.668. The Hall–Kier alpha value is -3.71. The molecule has 164 valence electrons. The van der Waals surface area contributed by atoms with Crippen LogP contribution in [-0.4, -0.2) is 40.4 Å². The van der Waals surface area contributed by atoms with Crippen molar-refractivity contribution in [2.75, 3.05) is 14.2 Å². The highest BCUT2D eigenvalue weighted by Gasteiger charge is 2.32. The number of carbonyl (C=O) groups is 1. The molecule has 0 unspecified atom stereocenters. The Morgan fingerprint density at radius 3 is 2.00 bits per heavy atom. The quantitative estimate of drug-likeness (QED) is 0.399. The number of aromatic nitrogens is 3. The van der Waals surface area contributed by atoms with Gasteiger partial charge in [-0.25, -0.2) is 4.98 Å². The molecule has 33 heavy (non-hydrogen) atoms. The first kappa shape index (κ1) is 21.2. The largest absolute Gasteiger partial charge is 0.497 e. The Balaban J connectivity index is 1.52. The number of carbonyl (C=O) groups excluding carboxylic acids is 1. The molecule has 1 aromatic heterocycles. The van der Waals surface area contributed by atoms with Gasteiger partial charge in [0, 0.05) is 16.7 Å². The van der Waals surface area contributed by atoms with E-state index in [1.165, 1.54) is 11.8 Å². The van der Waals surface area contributed by atoms with Gasteiger partial charge in [0.15, 0.2) is 5.78 Å². The van der Waals surface area contributed by atoms with Crippen LogP contribution in [0.15, 0.2) is 78.0 Å². The van der Waals surface area contributed by atoms with Crippen molar-refractivity contribution in [3.05, 3.63) is 83.9 Å². The third-order valence-electron chi connectivity index (χ3n) is 5.62. The number of fused-ring (bicyclic) bond motifs is 1. The average molecular weight is 456 g/mol. The molecule has 0 N–H and O–H groups in total. The number of ether oxygens (including phenoxy) is 2. The molecular weight excluding hydrogens is 434 g/mol. The molecule has 0 radical (unpaired) electrons. The second-order valence-corrected chi connectivity index (χ2v) is 8.75. The third kappa shape index (κ3) is 4.19. The van der Waals surface area contributed by atoms with E-state index >= 15 is 0 Å². The van der Waals surface area contributed by atoms with Gasteiger partial charge in [0.1, 0.15) is 22.9 Å². The fourth-order valence-electron chi connectivity index (χ4n) is 3.88. The van der Waals surface area contributed by atoms with E-state index in [0.29, 0.717) is 23.0 Å². The summed E-state index contributed by atoms with van der Waals surface area (Å²) in [5.74, 6) is 1.64. The molecule has 4 aromatic rings. The molecule has 0 aliphatic heterocycles. The number of thioether (sulfide) groups is 1. The van der Waals surface area contributed by atoms with Crippen LogP contribution < -0.4 is 9.47 Å². The monoisotopic (exact) mass is 455 g/mol. The number of rotatable bonds is 6. The molecule has 7 heteroatoms. The van der Waals surface area contributed by atoms with Gasteiger partial charge in [-0.05, 0) is 60.5 Å². The van der Waals surface area contributed by atoms with Gasteiger partial charge < -0.3 is 9.47 Å². The first-order valence-electron chi connectivity index (χ1n) is 10.5. The van der Waals surface area contributed by atoms with E-state index in [9.17, 15) is 4.79 Å². The number of hydrogen-bond acceptors (Lipinski definition) is 7. The van der Waals surface area contributed by atoms with Crippen LogP contribution in [-0.2, 0) is 6.42 Å². The van der Waals surface area contributed by atoms with Crippen molar-refractivity contribution in [2.45, 2.75) is 16.8 Å². The fraction of sp³-hybridized carbons (Fsp3) is 0.154. The molecule has 0 saturated carbocycles. The molecule has 3 aromatic carbocycles. The smallest absolute Gasteiger partial charge is 0.210 e. The number of nitrogens with zero attached hydrogens (tertiary/aromatic N) is 3. The average Bonchev–Trinajstić information content (AvgIpc) is 3.19. The van der Waals surface area contributed by atoms with Crippen LogP contribution in [0.1, 0.15) is 15.9 Å². The second kappa shape index (κ2) is 9.03. The van der Waals surface area contributed by atoms with E-state index < -0.39 is 0 Å². The normalized spacial score (nSPS) is 14.7. The van der Waals surface area contributed by atoms with Crippen LogP contribution >= 0.6 is 11.8 Å². The molecule has 0 spiro atoms. The molecule has 0 saturated heterocycles. The summed E-state index contributed by atoms with van der Waals surface area (Å²) in [6, 6.07) is 23.0. The van der Waals surface area contributed by atoms with Crippen molar-refractivity contribution < 1.29 is 14.3 Å². The third-order valence-corrected chi connectivity index (χ3v) is 6.67. The van der Waals surface area contributed by atoms with Gasteiger partial charge in [0.05, 0.1) is 19.5 Å². The van der Waals surface area contributed by atoms with Crippen molar-refractivity contribution >= 4 is 17.5 Å². The number of benzene rings is 3. The van der Waals surface area contributed by atoms with Crippen molar-refractivity contribution in [3.8, 4) is 34.0 Å². The number of Topliss-reactive ketones (excluding diaryl/α,β-unsaturated/α-hetero) is 1. The standard InChI is InChI=1S/C26H21N3O3S/c1-31-19-11-7-16(8-12-19)23-24(17-9-13-20(32-2)14-10-17)28-29-26(27-23)33-22-15-18-5-3-4-6-21(18)25(22)30/h3-14,22H,15H2,1-2H3/t22-/m1/s1. The van der Waals surface area contributed by atoms with Gasteiger partial charge in [-0.2, -0.15) is 0 Å². The molecule has 1 heterocycles. The maximum Gasteiger partial charge on any atom is 0.210 e. The zero-order chi connectivity index (χ0) is 22.8. The molecule has 0 fully saturated rings. The lowest BCUT2D eigenvalue weighted by Crippen LogP contribution is -2.12. The van der Waals surface area contributed by atoms with Crippen LogP contribution in [0.5, 0.6) is 11.5 Å². The minimum absolute atomic E-state index is 0.115. The lowest BCUT2D eigenvalue weighted by molar-refractivity contribution is 0.1000. The molecule has 0 amide bonds. The molecule has 5 rings (SSSR count). The summed E-state index contributed by atoms with van der Waals surface area (Å²) in [4.78, 5) is 17.7. The van der Waals surface area contributed by atoms with Crippen molar-refractivity contribution in [1.29, 1.82) is 0 Å². The van der Waals surface area contributed by atoms with Crippen LogP contribution in [0.3, 0.4) is 0 Å². The molecular formula is C26H21N3O3S. The Morgan fingerprint density at radius 2 is 1.39 bits per heavy atom. The van der Waals surface area contributed by atoms with Gasteiger partial charge >= 0.3 is 0 Å². The van der Waals surface area contributed by atoms with Crippen LogP contribution in [0.25, 0.3) is 22.5 Å². The highest BCUT2D eigenvalue weighted by molar-refractivity contribution is 8.00. The minimum atomic E-state index is -0.250. The van der Waals surface area contributed by atoms with E-state index in [1.54, 1.807) is 14.2 Å². The summed E-state index contributed by atoms with van der Waals surface area (Å²) in [6.45, 7) is 0. The van der Waals surface area contributed by atoms with E-state index in [-0.39, 0.29) is 11.0 Å². The minimum Gasteiger partial charge on any atom is -0.497 e. The van der Waals surface area contributed by atoms with Gasteiger partial charge in [-0.3, -0.25) is 4.79 Å². The topological polar surface area (TPSA) is 74.2 Å². The number of ketones is 1. The summed E-state index contributed by atoms with van der Waals surface area (Å²) in [7, 11) is 3.27. The zero-order valence-corrected chi connectivity index (χ0v) is 19.0. The molecule has 1 aliphatic rings. The van der Waals surface area contributed by atoms with Gasteiger partial charge in [0.25, 0.3) is 0 Å². The predicted octanol–water partition coefficient (Wildman–Crippen LogP) is 5.12. The van der Waals surface area contributed by atoms with Gasteiger partial charge in [-0.15, -0.1) is 10.2 Å². The molecule has 0 bridgehead atoms. The van der Waals surface area contributed by atoms with Crippen molar-refractivity contribution in [2.24, 2.45) is 0 Å². The summed E-state index contributed by atoms with van der Waals surface area (Å²) >= 11 is 1.36. The Labute approximate surface area is 196 Å². The summed E-state index contributed by atoms with van der Waals surface area (Å²) in [5, 5.41) is 9.12. The van der Waals surface area contributed by atoms with Crippen LogP contribution in [0.2, 0.25) is 0 Å². The number of hydrogen-bond donors (Lipinski definition) is 0. The van der Waals surface area contributed by atoms with Crippen LogP contribution in [0, 0.1) is 0 Å². The van der Waals surface area contributed by atoms with Gasteiger partial charge in [0.2, 0.25) is 5.16 Å². The second-order valence-electron chi connectivity index (χ2n) is 7.58. The Bertz CT molecular complexity index is 1310. The summed E-state index contributed by atoms with van der Waals surface area (Å²) < 4.78 is 10.6. The van der Waals surface area contributed by atoms with E-state index in [4.69, 9.17) is 14.5 Å². The van der Waals surface area contributed by atoms with Crippen molar-refractivity contribution in [1.82, 2.24) is 15.2 Å². The van der Waals surface area contributed by atoms with Crippen LogP contribution in [0.4, 0.5) is 0 Å². The van der Waals surface area contributed by atoms with Crippen molar-refractivity contribution in [3.63, 3.8) is 0 Å². The first-order chi connectivity index (χ1) is 16.2. The van der Waals surface area contributed by atoms with E-state index in [1.807, 2.05) is 72.8 Å². The lowest BCUT2D eigenvalue weighted by Gasteiger charge is -2.12. The zero-order valence-electron chi connectivity index (χ0n) is 18.2. The fourth-order valence-corrected chi connectivity index (χ4v) is 4.86. The maximum absolute atomic E-state index is 12.9. The summed E-state index contributed by atoms with van der Waals surface area (Å²) in [5.41, 5.74) is 4.98. The first-order valence-corrected chi connectivity index (χ1v) is 11.4. The lowest BCUT2D eigenvalue weighted by atomic mass is 10.0. The van der Waals surface area contributed by atoms with E-state index in [2.05, 4.69) is 10.2 Å². The Kier molecular flexibility index (Phi) is 5.79. The maximum atomic E-state index is 12.9. The Morgan fingerprint density at radius 1 is 0.788 bits per heavy atom. The van der Waals surface area contributed by atoms with Gasteiger partial charge in [-0.1, -0.05) is 36.0 Å². The molecule has 1 atom stereocenters. The highest BCUT2D eigenvalue weighted by atomic mass is 32.2. The number of methoxy groups -OCH3 is 2. The predicted molar refractivity (Wildman–Crippen MR) is 128 cm³/mol. The molecule has 6 nitrogen and oxygen atoms in total. The molecule has 1 aliphatic carbocycles. The highest BCUT2D eigenvalue weighted by Crippen LogP contribution is 2.36. The van der Waals surface area contributed by atoms with E-state index in [0.717, 1.165) is 33.8 Å².